The lowest BCUT2D eigenvalue weighted by Crippen LogP contribution is -2.27. The van der Waals surface area contributed by atoms with Gasteiger partial charge in [0.05, 0.1) is 6.26 Å². The summed E-state index contributed by atoms with van der Waals surface area (Å²) < 4.78 is 16.2. The van der Waals surface area contributed by atoms with Gasteiger partial charge in [-0.15, -0.1) is 0 Å². The van der Waals surface area contributed by atoms with E-state index in [1.807, 2.05) is 13.1 Å². The van der Waals surface area contributed by atoms with Crippen LogP contribution < -0.4 is 0 Å². The van der Waals surface area contributed by atoms with Gasteiger partial charge < -0.3 is 13.0 Å². The van der Waals surface area contributed by atoms with E-state index in [0.717, 1.165) is 6.42 Å². The second kappa shape index (κ2) is 9.45. The summed E-state index contributed by atoms with van der Waals surface area (Å²) in [4.78, 5) is 0. The van der Waals surface area contributed by atoms with Gasteiger partial charge in [0.2, 0.25) is 0 Å². The maximum absolute atomic E-state index is 5.59. The van der Waals surface area contributed by atoms with Gasteiger partial charge in [-0.25, -0.2) is 0 Å². The van der Waals surface area contributed by atoms with E-state index >= 15 is 0 Å². The Kier molecular flexibility index (Phi) is 9.38. The third-order valence-electron chi connectivity index (χ3n) is 1.81. The largest absolute Gasteiger partial charge is 0.530 e. The number of unbranched alkanes of at least 4 members (excludes halogenated alkanes) is 2. The Hall–Kier alpha value is -0.106. The molecule has 3 nitrogen and oxygen atoms in total. The summed E-state index contributed by atoms with van der Waals surface area (Å²) in [7, 11) is -1.19. The lowest BCUT2D eigenvalue weighted by Gasteiger charge is -2.14. The van der Waals surface area contributed by atoms with Gasteiger partial charge in [-0.2, -0.15) is 0 Å². The molecule has 0 N–H and O–H groups in total. The average Bonchev–Trinajstić information content (AvgIpc) is 2.17. The van der Waals surface area contributed by atoms with Crippen LogP contribution in [0.1, 0.15) is 26.2 Å². The molecule has 0 aromatic carbocycles. The second-order valence-electron chi connectivity index (χ2n) is 3.16. The van der Waals surface area contributed by atoms with Gasteiger partial charge >= 0.3 is 18.6 Å². The fourth-order valence-electron chi connectivity index (χ4n) is 0.914. The van der Waals surface area contributed by atoms with Gasteiger partial charge in [0.1, 0.15) is 0 Å². The third-order valence-corrected chi connectivity index (χ3v) is 6.08. The zero-order valence-corrected chi connectivity index (χ0v) is 12.0. The van der Waals surface area contributed by atoms with Gasteiger partial charge in [-0.3, -0.25) is 0 Å². The van der Waals surface area contributed by atoms with Gasteiger partial charge in [0.15, 0.2) is 0 Å². The fraction of sp³-hybridized carbons (Fsp3) is 0.778. The molecule has 0 aliphatic heterocycles. The van der Waals surface area contributed by atoms with Gasteiger partial charge in [-0.1, -0.05) is 19.4 Å². The molecule has 0 amide bonds. The molecule has 0 aliphatic rings. The van der Waals surface area contributed by atoms with E-state index in [0.29, 0.717) is 0 Å². The molecular weight excluding hydrogens is 212 g/mol. The Bertz CT molecular complexity index is 153. The Labute approximate surface area is 90.8 Å². The Morgan fingerprint density at radius 1 is 1.21 bits per heavy atom. The minimum absolute atomic E-state index is 1.09. The monoisotopic (exact) mass is 234 g/mol. The van der Waals surface area contributed by atoms with Crippen LogP contribution in [0.3, 0.4) is 0 Å². The number of rotatable bonds is 8. The Morgan fingerprint density at radius 3 is 2.50 bits per heavy atom. The molecule has 0 spiro atoms. The lowest BCUT2D eigenvalue weighted by molar-refractivity contribution is 0.305. The van der Waals surface area contributed by atoms with Crippen LogP contribution in [0.2, 0.25) is 13.1 Å². The first-order valence-corrected chi connectivity index (χ1v) is 9.39. The van der Waals surface area contributed by atoms with E-state index in [1.165, 1.54) is 12.8 Å². The van der Waals surface area contributed by atoms with Crippen LogP contribution in [0.15, 0.2) is 12.3 Å². The molecule has 0 aliphatic carbocycles. The number of hydrogen-bond donors (Lipinski definition) is 0. The van der Waals surface area contributed by atoms with Crippen molar-refractivity contribution >= 4 is 18.6 Å². The molecule has 0 aromatic rings. The van der Waals surface area contributed by atoms with Crippen molar-refractivity contribution in [2.75, 3.05) is 7.11 Å². The molecule has 2 atom stereocenters. The molecule has 5 heteroatoms. The molecule has 2 unspecified atom stereocenters. The molecule has 0 heterocycles. The van der Waals surface area contributed by atoms with Crippen LogP contribution in [0.5, 0.6) is 0 Å². The number of hydrogen-bond acceptors (Lipinski definition) is 3. The Balaban J connectivity index is 3.42. The molecule has 0 bridgehead atoms. The molecule has 84 valence electrons. The standard InChI is InChI=1S/C9H22O3Si2/c1-5-6-7-8-9-11-14(4)12-13(3)10-2/h8-9,13-14H,5-7H2,1-4H3/b9-8+. The lowest BCUT2D eigenvalue weighted by atomic mass is 10.2. The van der Waals surface area contributed by atoms with Crippen LogP contribution >= 0.6 is 0 Å². The minimum Gasteiger partial charge on any atom is -0.530 e. The first kappa shape index (κ1) is 13.9. The minimum atomic E-state index is -1.48. The number of allylic oxidation sites excluding steroid dienone is 1. The summed E-state index contributed by atoms with van der Waals surface area (Å²) in [6.07, 6.45) is 7.38. The van der Waals surface area contributed by atoms with Gasteiger partial charge in [0, 0.05) is 7.11 Å². The van der Waals surface area contributed by atoms with Crippen LogP contribution in [-0.4, -0.2) is 25.7 Å². The molecule has 0 saturated carbocycles. The predicted molar refractivity (Wildman–Crippen MR) is 63.9 cm³/mol. The molecule has 0 fully saturated rings. The third kappa shape index (κ3) is 8.49. The molecule has 0 radical (unpaired) electrons. The van der Waals surface area contributed by atoms with Gasteiger partial charge in [-0.05, 0) is 25.9 Å². The van der Waals surface area contributed by atoms with Crippen molar-refractivity contribution in [3.63, 3.8) is 0 Å². The smallest absolute Gasteiger partial charge is 0.369 e. The van der Waals surface area contributed by atoms with Gasteiger partial charge in [0.25, 0.3) is 0 Å². The highest BCUT2D eigenvalue weighted by Gasteiger charge is 2.11. The summed E-state index contributed by atoms with van der Waals surface area (Å²) in [5, 5.41) is 0. The first-order valence-electron chi connectivity index (χ1n) is 5.19. The summed E-state index contributed by atoms with van der Waals surface area (Å²) in [6, 6.07) is 0. The molecule has 0 rings (SSSR count). The summed E-state index contributed by atoms with van der Waals surface area (Å²) >= 11 is 0. The Morgan fingerprint density at radius 2 is 1.93 bits per heavy atom. The van der Waals surface area contributed by atoms with Crippen LogP contribution in [0, 0.1) is 0 Å². The van der Waals surface area contributed by atoms with Crippen molar-refractivity contribution in [3.8, 4) is 0 Å². The van der Waals surface area contributed by atoms with Crippen LogP contribution in [-0.2, 0) is 13.0 Å². The van der Waals surface area contributed by atoms with E-state index in [4.69, 9.17) is 13.0 Å². The van der Waals surface area contributed by atoms with E-state index in [1.54, 1.807) is 13.4 Å². The SMILES string of the molecule is CCCC/C=C/O[SiH](C)O[SiH](C)OC. The maximum atomic E-state index is 5.59. The second-order valence-corrected chi connectivity index (χ2v) is 7.26. The molecule has 0 aromatic heterocycles. The zero-order valence-electron chi connectivity index (χ0n) is 9.66. The summed E-state index contributed by atoms with van der Waals surface area (Å²) in [5.74, 6) is 0. The van der Waals surface area contributed by atoms with E-state index in [9.17, 15) is 0 Å². The van der Waals surface area contributed by atoms with E-state index in [-0.39, 0.29) is 0 Å². The fourth-order valence-corrected chi connectivity index (χ4v) is 4.11. The summed E-state index contributed by atoms with van der Waals surface area (Å²) in [6.45, 7) is 6.21. The molecular formula is C9H22O3Si2. The van der Waals surface area contributed by atoms with Crippen molar-refractivity contribution in [3.05, 3.63) is 12.3 Å². The highest BCUT2D eigenvalue weighted by Crippen LogP contribution is 1.98. The first-order chi connectivity index (χ1) is 6.70. The van der Waals surface area contributed by atoms with Crippen molar-refractivity contribution in [2.45, 2.75) is 39.3 Å². The van der Waals surface area contributed by atoms with Crippen molar-refractivity contribution in [2.24, 2.45) is 0 Å². The average molecular weight is 234 g/mol. The predicted octanol–water partition coefficient (Wildman–Crippen LogP) is 2.07. The zero-order chi connectivity index (χ0) is 10.8. The maximum Gasteiger partial charge on any atom is 0.369 e. The normalized spacial score (nSPS) is 15.7. The highest BCUT2D eigenvalue weighted by molar-refractivity contribution is 6.57. The van der Waals surface area contributed by atoms with Crippen LogP contribution in [0.25, 0.3) is 0 Å². The highest BCUT2D eigenvalue weighted by atomic mass is 28.4. The van der Waals surface area contributed by atoms with E-state index in [2.05, 4.69) is 13.0 Å². The molecule has 0 saturated heterocycles. The molecule has 14 heavy (non-hydrogen) atoms. The van der Waals surface area contributed by atoms with Crippen LogP contribution in [0.4, 0.5) is 0 Å². The van der Waals surface area contributed by atoms with Crippen molar-refractivity contribution < 1.29 is 13.0 Å². The van der Waals surface area contributed by atoms with Crippen molar-refractivity contribution in [1.29, 1.82) is 0 Å². The van der Waals surface area contributed by atoms with E-state index < -0.39 is 18.6 Å². The summed E-state index contributed by atoms with van der Waals surface area (Å²) in [5.41, 5.74) is 0. The van der Waals surface area contributed by atoms with Crippen molar-refractivity contribution in [1.82, 2.24) is 0 Å². The topological polar surface area (TPSA) is 27.7 Å². The quantitative estimate of drug-likeness (QED) is 0.365.